The average molecular weight is 213 g/mol. The van der Waals surface area contributed by atoms with Crippen molar-refractivity contribution in [2.75, 3.05) is 6.54 Å². The number of urea groups is 1. The van der Waals surface area contributed by atoms with Crippen molar-refractivity contribution in [3.05, 3.63) is 0 Å². The minimum absolute atomic E-state index is 0.479. The quantitative estimate of drug-likeness (QED) is 0.495. The molecule has 0 aromatic heterocycles. The molecule has 2 heterocycles. The first-order valence-electron chi connectivity index (χ1n) is 4.69. The topological polar surface area (TPSA) is 98.7 Å². The third-order valence-electron chi connectivity index (χ3n) is 2.66. The van der Waals surface area contributed by atoms with Crippen LogP contribution in [0, 0.1) is 0 Å². The number of carbonyl (C=O) groups is 3. The number of hydrogen-bond donors (Lipinski definition) is 3. The van der Waals surface area contributed by atoms with E-state index in [-0.39, 0.29) is 0 Å². The van der Waals surface area contributed by atoms with E-state index < -0.39 is 30.1 Å². The van der Waals surface area contributed by atoms with Gasteiger partial charge in [-0.15, -0.1) is 0 Å². The number of nitrogens with zero attached hydrogens (tertiary/aromatic N) is 1. The Labute approximate surface area is 85.4 Å². The van der Waals surface area contributed by atoms with Gasteiger partial charge in [-0.3, -0.25) is 19.8 Å². The highest BCUT2D eigenvalue weighted by molar-refractivity contribution is 6.04. The molecule has 2 aliphatic heterocycles. The zero-order valence-electron chi connectivity index (χ0n) is 7.90. The molecule has 0 aliphatic carbocycles. The van der Waals surface area contributed by atoms with Crippen LogP contribution >= 0.6 is 0 Å². The molecular weight excluding hydrogens is 202 g/mol. The predicted molar refractivity (Wildman–Crippen MR) is 47.8 cm³/mol. The van der Waals surface area contributed by atoms with E-state index in [1.807, 2.05) is 0 Å². The van der Waals surface area contributed by atoms with Crippen LogP contribution in [-0.2, 0) is 9.59 Å². The molecule has 1 unspecified atom stereocenters. The van der Waals surface area contributed by atoms with E-state index in [0.29, 0.717) is 13.0 Å². The van der Waals surface area contributed by atoms with E-state index in [9.17, 15) is 14.4 Å². The Morgan fingerprint density at radius 2 is 2.20 bits per heavy atom. The number of rotatable bonds is 2. The molecular formula is C8H11N3O4. The Balaban J connectivity index is 2.13. The molecule has 3 amide bonds. The number of hydrogen-bond acceptors (Lipinski definition) is 4. The van der Waals surface area contributed by atoms with Gasteiger partial charge in [0.1, 0.15) is 6.04 Å². The summed E-state index contributed by atoms with van der Waals surface area (Å²) in [6, 6.07) is -1.25. The van der Waals surface area contributed by atoms with Crippen LogP contribution in [0.15, 0.2) is 0 Å². The van der Waals surface area contributed by atoms with Crippen LogP contribution in [-0.4, -0.2) is 46.7 Å². The molecule has 7 nitrogen and oxygen atoms in total. The van der Waals surface area contributed by atoms with Crippen LogP contribution < -0.4 is 10.6 Å². The first-order valence-corrected chi connectivity index (χ1v) is 4.69. The number of carboxylic acid groups (broad SMARTS) is 1. The SMILES string of the molecule is O=C1NC(=O)C(N2CCC[C@H]2C(=O)O)N1. The number of carboxylic acids is 1. The highest BCUT2D eigenvalue weighted by Crippen LogP contribution is 2.20. The van der Waals surface area contributed by atoms with Crippen molar-refractivity contribution in [3.63, 3.8) is 0 Å². The maximum atomic E-state index is 11.3. The fraction of sp³-hybridized carbons (Fsp3) is 0.625. The van der Waals surface area contributed by atoms with Crippen molar-refractivity contribution in [1.82, 2.24) is 15.5 Å². The Hall–Kier alpha value is -1.63. The zero-order valence-corrected chi connectivity index (χ0v) is 7.90. The van der Waals surface area contributed by atoms with E-state index in [1.54, 1.807) is 0 Å². The van der Waals surface area contributed by atoms with Gasteiger partial charge in [-0.1, -0.05) is 0 Å². The molecule has 15 heavy (non-hydrogen) atoms. The molecule has 0 saturated carbocycles. The molecule has 7 heteroatoms. The third-order valence-corrected chi connectivity index (χ3v) is 2.66. The number of carbonyl (C=O) groups excluding carboxylic acids is 2. The van der Waals surface area contributed by atoms with Crippen molar-refractivity contribution in [1.29, 1.82) is 0 Å². The average Bonchev–Trinajstić information content (AvgIpc) is 2.71. The molecule has 0 aromatic rings. The summed E-state index contributed by atoms with van der Waals surface area (Å²) in [7, 11) is 0. The van der Waals surface area contributed by atoms with Gasteiger partial charge in [0.2, 0.25) is 0 Å². The summed E-state index contributed by atoms with van der Waals surface area (Å²) >= 11 is 0. The largest absolute Gasteiger partial charge is 0.480 e. The maximum Gasteiger partial charge on any atom is 0.323 e. The second kappa shape index (κ2) is 3.50. The molecule has 2 fully saturated rings. The lowest BCUT2D eigenvalue weighted by atomic mass is 10.2. The van der Waals surface area contributed by atoms with Gasteiger partial charge in [-0.25, -0.2) is 4.79 Å². The van der Waals surface area contributed by atoms with Gasteiger partial charge < -0.3 is 10.4 Å². The van der Waals surface area contributed by atoms with E-state index in [4.69, 9.17) is 5.11 Å². The van der Waals surface area contributed by atoms with E-state index in [0.717, 1.165) is 6.42 Å². The normalized spacial score (nSPS) is 31.5. The van der Waals surface area contributed by atoms with Gasteiger partial charge in [0, 0.05) is 6.54 Å². The van der Waals surface area contributed by atoms with Crippen LogP contribution in [0.3, 0.4) is 0 Å². The molecule has 2 saturated heterocycles. The first kappa shape index (κ1) is 9.91. The fourth-order valence-electron chi connectivity index (χ4n) is 2.00. The Bertz CT molecular complexity index is 330. The third kappa shape index (κ3) is 1.65. The minimum Gasteiger partial charge on any atom is -0.480 e. The molecule has 3 N–H and O–H groups in total. The maximum absolute atomic E-state index is 11.3. The Morgan fingerprint density at radius 1 is 1.47 bits per heavy atom. The molecule has 2 aliphatic rings. The summed E-state index contributed by atoms with van der Waals surface area (Å²) in [5, 5.41) is 13.4. The number of imide groups is 1. The molecule has 2 rings (SSSR count). The summed E-state index contributed by atoms with van der Waals surface area (Å²) in [4.78, 5) is 34.6. The molecule has 82 valence electrons. The Kier molecular flexibility index (Phi) is 2.31. The molecule has 0 bridgehead atoms. The number of likely N-dealkylation sites (tertiary alicyclic amines) is 1. The van der Waals surface area contributed by atoms with Crippen molar-refractivity contribution in [2.45, 2.75) is 25.0 Å². The molecule has 0 radical (unpaired) electrons. The van der Waals surface area contributed by atoms with Crippen molar-refractivity contribution in [2.24, 2.45) is 0 Å². The smallest absolute Gasteiger partial charge is 0.323 e. The van der Waals surface area contributed by atoms with Crippen molar-refractivity contribution < 1.29 is 19.5 Å². The number of nitrogens with one attached hydrogen (secondary N) is 2. The summed E-state index contributed by atoms with van der Waals surface area (Å²) in [5.74, 6) is -1.44. The van der Waals surface area contributed by atoms with E-state index >= 15 is 0 Å². The standard InChI is InChI=1S/C8H11N3O4/c12-6-5(9-8(15)10-6)11-3-1-2-4(11)7(13)14/h4-5H,1-3H2,(H,13,14)(H2,9,10,12,15)/t4-,5?/m0/s1. The van der Waals surface area contributed by atoms with Gasteiger partial charge in [-0.05, 0) is 12.8 Å². The van der Waals surface area contributed by atoms with Gasteiger partial charge >= 0.3 is 12.0 Å². The van der Waals surface area contributed by atoms with Gasteiger partial charge in [0.15, 0.2) is 6.17 Å². The van der Waals surface area contributed by atoms with Gasteiger partial charge in [-0.2, -0.15) is 0 Å². The summed E-state index contributed by atoms with van der Waals surface area (Å²) in [5.41, 5.74) is 0. The number of amides is 3. The first-order chi connectivity index (χ1) is 7.09. The predicted octanol–water partition coefficient (Wildman–Crippen LogP) is -1.30. The molecule has 0 spiro atoms. The zero-order chi connectivity index (χ0) is 11.0. The Morgan fingerprint density at radius 3 is 2.73 bits per heavy atom. The van der Waals surface area contributed by atoms with Crippen LogP contribution in [0.1, 0.15) is 12.8 Å². The van der Waals surface area contributed by atoms with Crippen LogP contribution in [0.2, 0.25) is 0 Å². The summed E-state index contributed by atoms with van der Waals surface area (Å²) in [6.07, 6.45) is 0.395. The van der Waals surface area contributed by atoms with Crippen LogP contribution in [0.4, 0.5) is 4.79 Å². The van der Waals surface area contributed by atoms with E-state index in [2.05, 4.69) is 10.6 Å². The fourth-order valence-corrected chi connectivity index (χ4v) is 2.00. The summed E-state index contributed by atoms with van der Waals surface area (Å²) in [6.45, 7) is 0.509. The van der Waals surface area contributed by atoms with Crippen molar-refractivity contribution in [3.8, 4) is 0 Å². The van der Waals surface area contributed by atoms with Crippen molar-refractivity contribution >= 4 is 17.9 Å². The highest BCUT2D eigenvalue weighted by atomic mass is 16.4. The highest BCUT2D eigenvalue weighted by Gasteiger charge is 2.42. The lowest BCUT2D eigenvalue weighted by Gasteiger charge is -2.25. The monoisotopic (exact) mass is 213 g/mol. The second-order valence-electron chi connectivity index (χ2n) is 3.60. The van der Waals surface area contributed by atoms with Gasteiger partial charge in [0.25, 0.3) is 5.91 Å². The van der Waals surface area contributed by atoms with Gasteiger partial charge in [0.05, 0.1) is 0 Å². The van der Waals surface area contributed by atoms with Crippen LogP contribution in [0.25, 0.3) is 0 Å². The van der Waals surface area contributed by atoms with E-state index in [1.165, 1.54) is 4.90 Å². The van der Waals surface area contributed by atoms with Crippen LogP contribution in [0.5, 0.6) is 0 Å². The second-order valence-corrected chi connectivity index (χ2v) is 3.60. The lowest BCUT2D eigenvalue weighted by Crippen LogP contribution is -2.51. The minimum atomic E-state index is -0.957. The molecule has 0 aromatic carbocycles. The number of aliphatic carboxylic acids is 1. The summed E-state index contributed by atoms with van der Waals surface area (Å²) < 4.78 is 0. The lowest BCUT2D eigenvalue weighted by molar-refractivity contribution is -0.143. The molecule has 2 atom stereocenters.